The number of benzene rings is 1. The molecule has 0 saturated heterocycles. The van der Waals surface area contributed by atoms with Crippen molar-refractivity contribution in [2.45, 2.75) is 12.6 Å². The van der Waals surface area contributed by atoms with Crippen LogP contribution in [0.2, 0.25) is 0 Å². The fraction of sp³-hybridized carbons (Fsp3) is 0.167. The molecule has 0 unspecified atom stereocenters. The van der Waals surface area contributed by atoms with Crippen molar-refractivity contribution in [2.24, 2.45) is 0 Å². The van der Waals surface area contributed by atoms with Gasteiger partial charge in [-0.3, -0.25) is 4.79 Å². The number of hydrogen-bond donors (Lipinski definition) is 0. The van der Waals surface area contributed by atoms with Crippen LogP contribution in [0.3, 0.4) is 0 Å². The minimum Gasteiger partial charge on any atom is -0.296 e. The van der Waals surface area contributed by atoms with E-state index in [9.17, 15) is 18.0 Å². The number of alkyl halides is 3. The SMILES string of the molecule is O=Cc1csc(Cc2cccc(C(F)(F)F)c2)n1. The summed E-state index contributed by atoms with van der Waals surface area (Å²) in [7, 11) is 0. The molecule has 0 aliphatic carbocycles. The van der Waals surface area contributed by atoms with E-state index >= 15 is 0 Å². The first-order valence-corrected chi connectivity index (χ1v) is 5.93. The summed E-state index contributed by atoms with van der Waals surface area (Å²) >= 11 is 1.26. The molecule has 0 atom stereocenters. The predicted molar refractivity (Wildman–Crippen MR) is 61.8 cm³/mol. The smallest absolute Gasteiger partial charge is 0.296 e. The number of halogens is 3. The van der Waals surface area contributed by atoms with Gasteiger partial charge < -0.3 is 0 Å². The van der Waals surface area contributed by atoms with Crippen molar-refractivity contribution in [3.63, 3.8) is 0 Å². The lowest BCUT2D eigenvalue weighted by atomic mass is 10.1. The van der Waals surface area contributed by atoms with E-state index in [0.29, 0.717) is 29.0 Å². The van der Waals surface area contributed by atoms with Crippen LogP contribution >= 0.6 is 11.3 Å². The lowest BCUT2D eigenvalue weighted by molar-refractivity contribution is -0.137. The molecule has 18 heavy (non-hydrogen) atoms. The van der Waals surface area contributed by atoms with Crippen LogP contribution in [-0.2, 0) is 12.6 Å². The summed E-state index contributed by atoms with van der Waals surface area (Å²) in [6.45, 7) is 0. The Morgan fingerprint density at radius 1 is 1.33 bits per heavy atom. The first kappa shape index (κ1) is 12.8. The first-order chi connectivity index (χ1) is 8.49. The average molecular weight is 271 g/mol. The van der Waals surface area contributed by atoms with Crippen molar-refractivity contribution in [1.82, 2.24) is 4.98 Å². The number of thiazole rings is 1. The Bertz CT molecular complexity index is 562. The van der Waals surface area contributed by atoms with Gasteiger partial charge in [0.15, 0.2) is 6.29 Å². The van der Waals surface area contributed by atoms with E-state index in [1.165, 1.54) is 17.4 Å². The molecule has 0 saturated carbocycles. The van der Waals surface area contributed by atoms with Gasteiger partial charge in [0.25, 0.3) is 0 Å². The van der Waals surface area contributed by atoms with Crippen molar-refractivity contribution in [3.8, 4) is 0 Å². The van der Waals surface area contributed by atoms with Crippen LogP contribution < -0.4 is 0 Å². The fourth-order valence-electron chi connectivity index (χ4n) is 1.49. The third kappa shape index (κ3) is 2.95. The molecule has 94 valence electrons. The van der Waals surface area contributed by atoms with Gasteiger partial charge in [-0.1, -0.05) is 18.2 Å². The third-order valence-electron chi connectivity index (χ3n) is 2.30. The summed E-state index contributed by atoms with van der Waals surface area (Å²) in [4.78, 5) is 14.4. The lowest BCUT2D eigenvalue weighted by Gasteiger charge is -2.07. The molecule has 0 bridgehead atoms. The van der Waals surface area contributed by atoms with Gasteiger partial charge in [-0.2, -0.15) is 13.2 Å². The summed E-state index contributed by atoms with van der Waals surface area (Å²) < 4.78 is 37.5. The third-order valence-corrected chi connectivity index (χ3v) is 3.17. The zero-order valence-electron chi connectivity index (χ0n) is 9.07. The van der Waals surface area contributed by atoms with Gasteiger partial charge >= 0.3 is 6.18 Å². The Labute approximate surface area is 105 Å². The van der Waals surface area contributed by atoms with Crippen LogP contribution in [0.25, 0.3) is 0 Å². The fourth-order valence-corrected chi connectivity index (χ4v) is 2.27. The minimum absolute atomic E-state index is 0.294. The van der Waals surface area contributed by atoms with Crippen molar-refractivity contribution >= 4 is 17.6 Å². The molecule has 0 N–H and O–H groups in total. The Morgan fingerprint density at radius 3 is 2.72 bits per heavy atom. The van der Waals surface area contributed by atoms with Crippen molar-refractivity contribution in [1.29, 1.82) is 0 Å². The van der Waals surface area contributed by atoms with Gasteiger partial charge in [-0.05, 0) is 11.6 Å². The van der Waals surface area contributed by atoms with Gasteiger partial charge in [0, 0.05) is 11.8 Å². The van der Waals surface area contributed by atoms with Crippen molar-refractivity contribution < 1.29 is 18.0 Å². The number of aldehydes is 1. The second kappa shape index (κ2) is 4.89. The predicted octanol–water partition coefficient (Wildman–Crippen LogP) is 3.57. The number of aromatic nitrogens is 1. The van der Waals surface area contributed by atoms with E-state index in [1.54, 1.807) is 11.4 Å². The number of carbonyl (C=O) groups excluding carboxylic acids is 1. The highest BCUT2D eigenvalue weighted by Gasteiger charge is 2.30. The van der Waals surface area contributed by atoms with E-state index in [0.717, 1.165) is 12.1 Å². The maximum atomic E-state index is 12.5. The highest BCUT2D eigenvalue weighted by Crippen LogP contribution is 2.30. The first-order valence-electron chi connectivity index (χ1n) is 5.05. The van der Waals surface area contributed by atoms with Gasteiger partial charge in [-0.15, -0.1) is 11.3 Å². The quantitative estimate of drug-likeness (QED) is 0.799. The minimum atomic E-state index is -4.34. The van der Waals surface area contributed by atoms with Crippen LogP contribution in [-0.4, -0.2) is 11.3 Å². The van der Waals surface area contributed by atoms with Crippen molar-refractivity contribution in [3.05, 3.63) is 51.5 Å². The molecular formula is C12H8F3NOS. The van der Waals surface area contributed by atoms with Gasteiger partial charge in [0.1, 0.15) is 5.69 Å². The number of carbonyl (C=O) groups is 1. The van der Waals surface area contributed by atoms with Crippen LogP contribution in [0.5, 0.6) is 0 Å². The molecule has 0 aliphatic heterocycles. The zero-order valence-corrected chi connectivity index (χ0v) is 9.89. The second-order valence-electron chi connectivity index (χ2n) is 3.66. The molecule has 1 aromatic heterocycles. The van der Waals surface area contributed by atoms with E-state index in [1.807, 2.05) is 0 Å². The highest BCUT2D eigenvalue weighted by atomic mass is 32.1. The summed E-state index contributed by atoms with van der Waals surface area (Å²) in [5.41, 5.74) is 0.158. The molecule has 6 heteroatoms. The zero-order chi connectivity index (χ0) is 13.2. The normalized spacial score (nSPS) is 11.5. The monoisotopic (exact) mass is 271 g/mol. The second-order valence-corrected chi connectivity index (χ2v) is 4.60. The van der Waals surface area contributed by atoms with Crippen LogP contribution in [0.15, 0.2) is 29.6 Å². The number of nitrogens with zero attached hydrogens (tertiary/aromatic N) is 1. The number of rotatable bonds is 3. The lowest BCUT2D eigenvalue weighted by Crippen LogP contribution is -2.05. The average Bonchev–Trinajstić information content (AvgIpc) is 2.76. The van der Waals surface area contributed by atoms with E-state index < -0.39 is 11.7 Å². The Morgan fingerprint density at radius 2 is 2.11 bits per heavy atom. The van der Waals surface area contributed by atoms with Gasteiger partial charge in [0.05, 0.1) is 10.6 Å². The largest absolute Gasteiger partial charge is 0.416 e. The molecule has 0 fully saturated rings. The summed E-state index contributed by atoms with van der Waals surface area (Å²) in [5, 5.41) is 2.20. The molecule has 2 nitrogen and oxygen atoms in total. The molecule has 1 aromatic carbocycles. The molecule has 2 rings (SSSR count). The van der Waals surface area contributed by atoms with E-state index in [4.69, 9.17) is 0 Å². The molecule has 0 aliphatic rings. The standard InChI is InChI=1S/C12H8F3NOS/c13-12(14,15)9-3-1-2-8(4-9)5-11-16-10(6-17)7-18-11/h1-4,6-7H,5H2. The molecule has 2 aromatic rings. The van der Waals surface area contributed by atoms with Crippen LogP contribution in [0.1, 0.15) is 26.6 Å². The van der Waals surface area contributed by atoms with Crippen LogP contribution in [0.4, 0.5) is 13.2 Å². The Hall–Kier alpha value is -1.69. The molecule has 0 spiro atoms. The number of hydrogen-bond acceptors (Lipinski definition) is 3. The maximum Gasteiger partial charge on any atom is 0.416 e. The van der Waals surface area contributed by atoms with Gasteiger partial charge in [0.2, 0.25) is 0 Å². The molecule has 0 amide bonds. The molecular weight excluding hydrogens is 263 g/mol. The Kier molecular flexibility index (Phi) is 3.47. The topological polar surface area (TPSA) is 30.0 Å². The maximum absolute atomic E-state index is 12.5. The van der Waals surface area contributed by atoms with Crippen molar-refractivity contribution in [2.75, 3.05) is 0 Å². The van der Waals surface area contributed by atoms with Gasteiger partial charge in [-0.25, -0.2) is 4.98 Å². The molecule has 1 heterocycles. The Balaban J connectivity index is 2.21. The van der Waals surface area contributed by atoms with E-state index in [2.05, 4.69) is 4.98 Å². The summed E-state index contributed by atoms with van der Waals surface area (Å²) in [6, 6.07) is 5.10. The van der Waals surface area contributed by atoms with Crippen LogP contribution in [0, 0.1) is 0 Å². The summed E-state index contributed by atoms with van der Waals surface area (Å²) in [6.07, 6.45) is -3.43. The molecule has 0 radical (unpaired) electrons. The summed E-state index contributed by atoms with van der Waals surface area (Å²) in [5.74, 6) is 0. The highest BCUT2D eigenvalue weighted by molar-refractivity contribution is 7.09. The van der Waals surface area contributed by atoms with E-state index in [-0.39, 0.29) is 0 Å².